The fraction of sp³-hybridized carbons (Fsp3) is 0.417. The molecule has 1 unspecified atom stereocenters. The second-order valence-corrected chi connectivity index (χ2v) is 10.6. The highest BCUT2D eigenvalue weighted by molar-refractivity contribution is 8.00. The number of halogens is 1. The first-order valence-electron chi connectivity index (χ1n) is 11.5. The first-order chi connectivity index (χ1) is 17.0. The molecule has 184 valence electrons. The van der Waals surface area contributed by atoms with Gasteiger partial charge in [-0.05, 0) is 12.5 Å². The van der Waals surface area contributed by atoms with E-state index in [0.29, 0.717) is 65.0 Å². The van der Waals surface area contributed by atoms with Crippen LogP contribution in [0.5, 0.6) is 11.5 Å². The zero-order valence-electron chi connectivity index (χ0n) is 19.4. The van der Waals surface area contributed by atoms with E-state index < -0.39 is 5.67 Å². The number of thiazole rings is 1. The monoisotopic (exact) mass is 516 g/mol. The Kier molecular flexibility index (Phi) is 5.85. The number of alkyl halides is 1. The van der Waals surface area contributed by atoms with Crippen molar-refractivity contribution in [1.29, 1.82) is 0 Å². The zero-order valence-corrected chi connectivity index (χ0v) is 21.0. The summed E-state index contributed by atoms with van der Waals surface area (Å²) in [6.45, 7) is 3.18. The molecule has 2 aliphatic heterocycles. The molecular formula is C24H25FN4O4S2. The van der Waals surface area contributed by atoms with Crippen LogP contribution < -0.4 is 14.9 Å². The summed E-state index contributed by atoms with van der Waals surface area (Å²) < 4.78 is 40.2. The third-order valence-electron chi connectivity index (χ3n) is 6.23. The Morgan fingerprint density at radius 3 is 2.89 bits per heavy atom. The van der Waals surface area contributed by atoms with Crippen LogP contribution in [-0.2, 0) is 17.0 Å². The van der Waals surface area contributed by atoms with Gasteiger partial charge in [0, 0.05) is 30.4 Å². The van der Waals surface area contributed by atoms with Gasteiger partial charge in [-0.25, -0.2) is 19.0 Å². The number of benzene rings is 1. The molecule has 1 saturated heterocycles. The number of hydrogen-bond donors (Lipinski definition) is 1. The van der Waals surface area contributed by atoms with Crippen LogP contribution in [0.2, 0.25) is 0 Å². The molecule has 6 rings (SSSR count). The molecule has 0 radical (unpaired) electrons. The van der Waals surface area contributed by atoms with Crippen LogP contribution in [-0.4, -0.2) is 40.3 Å². The zero-order chi connectivity index (χ0) is 24.0. The summed E-state index contributed by atoms with van der Waals surface area (Å²) in [4.78, 5) is 9.24. The number of fused-ring (bicyclic) bond motifs is 2. The van der Waals surface area contributed by atoms with E-state index in [1.165, 1.54) is 11.3 Å². The van der Waals surface area contributed by atoms with E-state index in [9.17, 15) is 0 Å². The van der Waals surface area contributed by atoms with Crippen molar-refractivity contribution in [3.05, 3.63) is 40.5 Å². The summed E-state index contributed by atoms with van der Waals surface area (Å²) in [5.41, 5.74) is 4.04. The normalized spacial score (nSPS) is 19.0. The molecule has 0 amide bonds. The Balaban J connectivity index is 1.25. The van der Waals surface area contributed by atoms with Crippen molar-refractivity contribution >= 4 is 34.1 Å². The molecule has 1 atom stereocenters. The fourth-order valence-electron chi connectivity index (χ4n) is 4.23. The van der Waals surface area contributed by atoms with Gasteiger partial charge in [0.05, 0.1) is 43.0 Å². The number of hydrogen-bond acceptors (Lipinski definition) is 9. The standard InChI is InChI=1S/C24H25FN4O4S2/c1-3-21-28-29-11-17(27-23(29)35-21)20-10-16-18(8-15(30-2)9-19(16)33-20)32-12-14-13-34-22(26-14)24(25)4-6-31-7-5-24/h8-11,13,21,28H,3-7,12H2,1-2H3. The van der Waals surface area contributed by atoms with E-state index in [1.54, 1.807) is 18.9 Å². The smallest absolute Gasteiger partial charge is 0.189 e. The van der Waals surface area contributed by atoms with Gasteiger partial charge in [-0.3, -0.25) is 0 Å². The van der Waals surface area contributed by atoms with Crippen molar-refractivity contribution in [2.75, 3.05) is 25.7 Å². The minimum Gasteiger partial charge on any atom is -0.496 e. The van der Waals surface area contributed by atoms with Crippen LogP contribution in [0.3, 0.4) is 0 Å². The summed E-state index contributed by atoms with van der Waals surface area (Å²) in [5, 5.41) is 4.39. The molecular weight excluding hydrogens is 491 g/mol. The number of nitrogens with one attached hydrogen (secondary N) is 1. The number of aromatic nitrogens is 3. The minimum absolute atomic E-state index is 0.212. The highest BCUT2D eigenvalue weighted by Gasteiger charge is 2.37. The van der Waals surface area contributed by atoms with Crippen LogP contribution in [0.25, 0.3) is 22.4 Å². The number of thioether (sulfide) groups is 1. The van der Waals surface area contributed by atoms with Crippen molar-refractivity contribution in [3.63, 3.8) is 0 Å². The molecule has 1 N–H and O–H groups in total. The molecule has 1 aromatic carbocycles. The lowest BCUT2D eigenvalue weighted by molar-refractivity contribution is -0.0117. The summed E-state index contributed by atoms with van der Waals surface area (Å²) in [6.07, 6.45) is 3.61. The van der Waals surface area contributed by atoms with Crippen molar-refractivity contribution in [2.24, 2.45) is 0 Å². The number of rotatable bonds is 7. The molecule has 8 nitrogen and oxygen atoms in total. The van der Waals surface area contributed by atoms with Gasteiger partial charge in [0.15, 0.2) is 16.6 Å². The maximum absolute atomic E-state index is 15.2. The van der Waals surface area contributed by atoms with Gasteiger partial charge >= 0.3 is 0 Å². The third kappa shape index (κ3) is 4.25. The van der Waals surface area contributed by atoms with Crippen LogP contribution in [0.15, 0.2) is 39.3 Å². The Morgan fingerprint density at radius 1 is 1.26 bits per heavy atom. The first kappa shape index (κ1) is 22.7. The first-order valence-corrected chi connectivity index (χ1v) is 13.3. The van der Waals surface area contributed by atoms with E-state index in [2.05, 4.69) is 17.3 Å². The second kappa shape index (κ2) is 9.03. The molecule has 2 aliphatic rings. The highest BCUT2D eigenvalue weighted by Crippen LogP contribution is 2.40. The Bertz CT molecular complexity index is 1340. The van der Waals surface area contributed by atoms with E-state index in [0.717, 1.165) is 22.7 Å². The van der Waals surface area contributed by atoms with Gasteiger partial charge in [0.2, 0.25) is 0 Å². The van der Waals surface area contributed by atoms with Gasteiger partial charge in [-0.1, -0.05) is 18.7 Å². The average molecular weight is 517 g/mol. The molecule has 3 aromatic heterocycles. The molecule has 11 heteroatoms. The molecule has 4 aromatic rings. The van der Waals surface area contributed by atoms with Crippen molar-refractivity contribution < 1.29 is 23.0 Å². The van der Waals surface area contributed by atoms with Gasteiger partial charge in [0.1, 0.15) is 34.4 Å². The molecule has 0 spiro atoms. The third-order valence-corrected chi connectivity index (χ3v) is 8.52. The maximum Gasteiger partial charge on any atom is 0.189 e. The topological polar surface area (TPSA) is 83.6 Å². The average Bonchev–Trinajstić information content (AvgIpc) is 3.65. The summed E-state index contributed by atoms with van der Waals surface area (Å²) >= 11 is 3.03. The predicted molar refractivity (Wildman–Crippen MR) is 133 cm³/mol. The Morgan fingerprint density at radius 2 is 2.11 bits per heavy atom. The van der Waals surface area contributed by atoms with E-state index in [1.807, 2.05) is 34.5 Å². The number of methoxy groups -OCH3 is 1. The van der Waals surface area contributed by atoms with Gasteiger partial charge in [-0.15, -0.1) is 11.3 Å². The molecule has 35 heavy (non-hydrogen) atoms. The predicted octanol–water partition coefficient (Wildman–Crippen LogP) is 5.70. The minimum atomic E-state index is -1.42. The van der Waals surface area contributed by atoms with Crippen LogP contribution in [0, 0.1) is 0 Å². The van der Waals surface area contributed by atoms with Crippen molar-refractivity contribution in [2.45, 2.75) is 49.0 Å². The summed E-state index contributed by atoms with van der Waals surface area (Å²) in [6, 6.07) is 5.57. The number of ether oxygens (including phenoxy) is 3. The summed E-state index contributed by atoms with van der Waals surface area (Å²) in [7, 11) is 1.60. The Labute approximate surface area is 209 Å². The largest absolute Gasteiger partial charge is 0.496 e. The number of furan rings is 1. The van der Waals surface area contributed by atoms with E-state index >= 15 is 4.39 Å². The van der Waals surface area contributed by atoms with E-state index in [4.69, 9.17) is 23.6 Å². The van der Waals surface area contributed by atoms with Gasteiger partial charge in [-0.2, -0.15) is 0 Å². The maximum atomic E-state index is 15.2. The fourth-order valence-corrected chi connectivity index (χ4v) is 6.14. The lowest BCUT2D eigenvalue weighted by Crippen LogP contribution is -2.29. The highest BCUT2D eigenvalue weighted by atomic mass is 32.2. The molecule has 1 fully saturated rings. The van der Waals surface area contributed by atoms with Gasteiger partial charge < -0.3 is 24.1 Å². The van der Waals surface area contributed by atoms with Crippen LogP contribution in [0.4, 0.5) is 4.39 Å². The van der Waals surface area contributed by atoms with Crippen LogP contribution in [0.1, 0.15) is 36.9 Å². The lowest BCUT2D eigenvalue weighted by atomic mass is 9.97. The second-order valence-electron chi connectivity index (χ2n) is 8.58. The molecule has 0 saturated carbocycles. The van der Waals surface area contributed by atoms with Crippen molar-refractivity contribution in [1.82, 2.24) is 14.6 Å². The number of nitrogens with zero attached hydrogens (tertiary/aromatic N) is 3. The summed E-state index contributed by atoms with van der Waals surface area (Å²) in [5.74, 6) is 1.87. The SMILES string of the molecule is CCC1Nn2cc(-c3cc4c(OCc5csc(C6(F)CCOCC6)n5)cc(OC)cc4o3)nc2S1. The Hall–Kier alpha value is -2.76. The number of imidazole rings is 1. The van der Waals surface area contributed by atoms with E-state index in [-0.39, 0.29) is 6.61 Å². The quantitative estimate of drug-likeness (QED) is 0.335. The van der Waals surface area contributed by atoms with Crippen LogP contribution >= 0.6 is 23.1 Å². The molecule has 5 heterocycles. The molecule has 0 aliphatic carbocycles. The van der Waals surface area contributed by atoms with Gasteiger partial charge in [0.25, 0.3) is 0 Å². The lowest BCUT2D eigenvalue weighted by Gasteiger charge is -2.27. The molecule has 0 bridgehead atoms. The van der Waals surface area contributed by atoms with Crippen molar-refractivity contribution in [3.8, 4) is 23.0 Å².